The van der Waals surface area contributed by atoms with Gasteiger partial charge in [0.05, 0.1) is 27.8 Å². The maximum atomic E-state index is 11.7. The van der Waals surface area contributed by atoms with Crippen molar-refractivity contribution in [2.75, 3.05) is 6.54 Å². The molecule has 0 saturated heterocycles. The molecule has 2 aromatic rings. The summed E-state index contributed by atoms with van der Waals surface area (Å²) in [5.74, 6) is 0.0234. The average Bonchev–Trinajstić information content (AvgIpc) is 2.86. The molecule has 0 atom stereocenters. The number of nitrogens with one attached hydrogen (secondary N) is 1. The third-order valence-electron chi connectivity index (χ3n) is 2.74. The predicted octanol–water partition coefficient (Wildman–Crippen LogP) is 2.43. The van der Waals surface area contributed by atoms with Gasteiger partial charge in [-0.05, 0) is 20.8 Å². The number of thiazole rings is 2. The van der Waals surface area contributed by atoms with Crippen molar-refractivity contribution < 1.29 is 4.79 Å². The molecule has 0 fully saturated rings. The largest absolute Gasteiger partial charge is 0.355 e. The average molecular weight is 295 g/mol. The smallest absolute Gasteiger partial charge is 0.226 e. The van der Waals surface area contributed by atoms with Crippen molar-refractivity contribution in [3.63, 3.8) is 0 Å². The molecule has 0 spiro atoms. The summed E-state index contributed by atoms with van der Waals surface area (Å²) in [5.41, 5.74) is 1.94. The first-order chi connectivity index (χ1) is 9.04. The monoisotopic (exact) mass is 295 g/mol. The maximum Gasteiger partial charge on any atom is 0.226 e. The topological polar surface area (TPSA) is 54.9 Å². The zero-order valence-corrected chi connectivity index (χ0v) is 13.0. The minimum atomic E-state index is 0.0234. The van der Waals surface area contributed by atoms with Gasteiger partial charge in [0.15, 0.2) is 0 Å². The third kappa shape index (κ3) is 4.11. The van der Waals surface area contributed by atoms with E-state index in [1.54, 1.807) is 22.7 Å². The van der Waals surface area contributed by atoms with Crippen LogP contribution in [0.3, 0.4) is 0 Å². The van der Waals surface area contributed by atoms with Crippen LogP contribution in [0.1, 0.15) is 26.3 Å². The molecule has 0 aromatic carbocycles. The lowest BCUT2D eigenvalue weighted by Crippen LogP contribution is -2.27. The molecule has 1 N–H and O–H groups in total. The molecule has 0 saturated carbocycles. The zero-order valence-electron chi connectivity index (χ0n) is 11.3. The Morgan fingerprint density at radius 1 is 1.32 bits per heavy atom. The van der Waals surface area contributed by atoms with Gasteiger partial charge in [-0.25, -0.2) is 9.97 Å². The number of carbonyl (C=O) groups excluding carboxylic acids is 1. The molecule has 0 aliphatic rings. The Morgan fingerprint density at radius 3 is 2.68 bits per heavy atom. The second-order valence-electron chi connectivity index (χ2n) is 4.38. The first-order valence-electron chi connectivity index (χ1n) is 6.15. The second-order valence-corrected chi connectivity index (χ2v) is 6.73. The Kier molecular flexibility index (Phi) is 4.66. The van der Waals surface area contributed by atoms with Crippen LogP contribution in [0.25, 0.3) is 0 Å². The quantitative estimate of drug-likeness (QED) is 0.921. The van der Waals surface area contributed by atoms with Gasteiger partial charge in [-0.2, -0.15) is 0 Å². The van der Waals surface area contributed by atoms with Gasteiger partial charge >= 0.3 is 0 Å². The molecular weight excluding hydrogens is 278 g/mol. The number of aromatic nitrogens is 2. The van der Waals surface area contributed by atoms with Gasteiger partial charge in [-0.1, -0.05) is 0 Å². The molecule has 2 heterocycles. The van der Waals surface area contributed by atoms with E-state index in [-0.39, 0.29) is 5.91 Å². The van der Waals surface area contributed by atoms with Crippen LogP contribution in [0.15, 0.2) is 5.38 Å². The lowest BCUT2D eigenvalue weighted by atomic mass is 10.3. The summed E-state index contributed by atoms with van der Waals surface area (Å²) in [4.78, 5) is 21.7. The number of aryl methyl sites for hydroxylation is 3. The highest BCUT2D eigenvalue weighted by molar-refractivity contribution is 7.11. The molecule has 0 aliphatic carbocycles. The summed E-state index contributed by atoms with van der Waals surface area (Å²) < 4.78 is 0. The number of carbonyl (C=O) groups is 1. The van der Waals surface area contributed by atoms with Crippen LogP contribution in [0.4, 0.5) is 0 Å². The Balaban J connectivity index is 1.75. The van der Waals surface area contributed by atoms with Gasteiger partial charge in [0, 0.05) is 23.2 Å². The summed E-state index contributed by atoms with van der Waals surface area (Å²) in [7, 11) is 0. The third-order valence-corrected chi connectivity index (χ3v) is 4.70. The lowest BCUT2D eigenvalue weighted by Gasteiger charge is -2.02. The molecule has 6 heteroatoms. The normalized spacial score (nSPS) is 10.7. The van der Waals surface area contributed by atoms with Crippen molar-refractivity contribution in [1.82, 2.24) is 15.3 Å². The first kappa shape index (κ1) is 14.1. The Hall–Kier alpha value is -1.27. The molecular formula is C13H17N3OS2. The van der Waals surface area contributed by atoms with Crippen LogP contribution in [-0.4, -0.2) is 22.4 Å². The molecule has 0 bridgehead atoms. The summed E-state index contributed by atoms with van der Waals surface area (Å²) >= 11 is 3.27. The molecule has 2 aromatic heterocycles. The van der Waals surface area contributed by atoms with Gasteiger partial charge in [-0.3, -0.25) is 4.79 Å². The van der Waals surface area contributed by atoms with E-state index < -0.39 is 0 Å². The number of hydrogen-bond donors (Lipinski definition) is 1. The zero-order chi connectivity index (χ0) is 13.8. The molecule has 0 unspecified atom stereocenters. The second kappa shape index (κ2) is 6.25. The number of hydrogen-bond acceptors (Lipinski definition) is 5. The molecule has 0 aliphatic heterocycles. The van der Waals surface area contributed by atoms with Crippen molar-refractivity contribution in [2.45, 2.75) is 33.6 Å². The van der Waals surface area contributed by atoms with Crippen molar-refractivity contribution in [3.05, 3.63) is 31.7 Å². The number of nitrogens with zero attached hydrogens (tertiary/aromatic N) is 2. The van der Waals surface area contributed by atoms with Crippen LogP contribution in [0.2, 0.25) is 0 Å². The fourth-order valence-corrected chi connectivity index (χ4v) is 3.22. The van der Waals surface area contributed by atoms with Crippen molar-refractivity contribution in [2.24, 2.45) is 0 Å². The SMILES string of the molecule is Cc1nc(CC(=O)NCCc2nc(C)c(C)s2)cs1. The van der Waals surface area contributed by atoms with Crippen LogP contribution in [0.5, 0.6) is 0 Å². The fourth-order valence-electron chi connectivity index (χ4n) is 1.67. The van der Waals surface area contributed by atoms with Crippen LogP contribution < -0.4 is 5.32 Å². The van der Waals surface area contributed by atoms with E-state index in [9.17, 15) is 4.79 Å². The van der Waals surface area contributed by atoms with Crippen molar-refractivity contribution in [1.29, 1.82) is 0 Å². The summed E-state index contributed by atoms with van der Waals surface area (Å²) in [6.07, 6.45) is 1.15. The van der Waals surface area contributed by atoms with E-state index >= 15 is 0 Å². The minimum absolute atomic E-state index is 0.0234. The van der Waals surface area contributed by atoms with Gasteiger partial charge in [-0.15, -0.1) is 22.7 Å². The molecule has 2 rings (SSSR count). The maximum absolute atomic E-state index is 11.7. The van der Waals surface area contributed by atoms with Gasteiger partial charge in [0.25, 0.3) is 0 Å². The Labute approximate surface area is 120 Å². The Morgan fingerprint density at radius 2 is 2.11 bits per heavy atom. The predicted molar refractivity (Wildman–Crippen MR) is 78.9 cm³/mol. The summed E-state index contributed by atoms with van der Waals surface area (Å²) in [5, 5.41) is 6.92. The van der Waals surface area contributed by atoms with Crippen molar-refractivity contribution in [3.8, 4) is 0 Å². The summed E-state index contributed by atoms with van der Waals surface area (Å²) in [6, 6.07) is 0. The first-order valence-corrected chi connectivity index (χ1v) is 7.85. The highest BCUT2D eigenvalue weighted by Crippen LogP contribution is 2.16. The lowest BCUT2D eigenvalue weighted by molar-refractivity contribution is -0.120. The standard InChI is InChI=1S/C13H17N3OS2/c1-8-9(2)19-13(15-8)4-5-14-12(17)6-11-7-18-10(3)16-11/h7H,4-6H2,1-3H3,(H,14,17). The number of amides is 1. The fraction of sp³-hybridized carbons (Fsp3) is 0.462. The van der Waals surface area contributed by atoms with E-state index in [0.29, 0.717) is 13.0 Å². The van der Waals surface area contributed by atoms with Gasteiger partial charge in [0.1, 0.15) is 0 Å². The molecule has 0 radical (unpaired) electrons. The van der Waals surface area contributed by atoms with E-state index in [4.69, 9.17) is 0 Å². The molecule has 102 valence electrons. The molecule has 1 amide bonds. The van der Waals surface area contributed by atoms with Crippen LogP contribution in [-0.2, 0) is 17.6 Å². The molecule has 19 heavy (non-hydrogen) atoms. The highest BCUT2D eigenvalue weighted by Gasteiger charge is 2.07. The van der Waals surface area contributed by atoms with E-state index in [1.807, 2.05) is 19.2 Å². The number of rotatable bonds is 5. The van der Waals surface area contributed by atoms with Crippen molar-refractivity contribution >= 4 is 28.6 Å². The van der Waals surface area contributed by atoms with E-state index in [2.05, 4.69) is 22.2 Å². The van der Waals surface area contributed by atoms with Gasteiger partial charge < -0.3 is 5.32 Å². The van der Waals surface area contributed by atoms with E-state index in [0.717, 1.165) is 27.8 Å². The van der Waals surface area contributed by atoms with E-state index in [1.165, 1.54) is 4.88 Å². The highest BCUT2D eigenvalue weighted by atomic mass is 32.1. The summed E-state index contributed by atoms with van der Waals surface area (Å²) in [6.45, 7) is 6.66. The molecule has 4 nitrogen and oxygen atoms in total. The van der Waals surface area contributed by atoms with Crippen LogP contribution >= 0.6 is 22.7 Å². The minimum Gasteiger partial charge on any atom is -0.355 e. The van der Waals surface area contributed by atoms with Crippen LogP contribution in [0, 0.1) is 20.8 Å². The Bertz CT molecular complexity index is 555. The van der Waals surface area contributed by atoms with Gasteiger partial charge in [0.2, 0.25) is 5.91 Å².